The molecule has 1 fully saturated rings. The molecule has 33 heavy (non-hydrogen) atoms. The molecular weight excluding hydrogens is 458 g/mol. The maximum Gasteiger partial charge on any atom is 0.266 e. The molecule has 1 N–H and O–H groups in total. The molecule has 0 bridgehead atoms. The van der Waals surface area contributed by atoms with E-state index < -0.39 is 10.0 Å². The predicted molar refractivity (Wildman–Crippen MR) is 134 cm³/mol. The third-order valence-electron chi connectivity index (χ3n) is 5.85. The van der Waals surface area contributed by atoms with Crippen LogP contribution in [0.3, 0.4) is 0 Å². The van der Waals surface area contributed by atoms with Crippen LogP contribution < -0.4 is 9.62 Å². The number of halogens is 1. The Labute approximate surface area is 202 Å². The van der Waals surface area contributed by atoms with Crippen molar-refractivity contribution in [1.29, 1.82) is 0 Å². The van der Waals surface area contributed by atoms with Crippen LogP contribution in [0.4, 0.5) is 5.69 Å². The molecule has 0 atom stereocenters. The van der Waals surface area contributed by atoms with Crippen molar-refractivity contribution >= 4 is 33.2 Å². The molecule has 1 amide bonds. The number of sulfonamides is 1. The van der Waals surface area contributed by atoms with E-state index in [0.29, 0.717) is 5.69 Å². The van der Waals surface area contributed by atoms with Crippen molar-refractivity contribution in [3.05, 3.63) is 71.8 Å². The summed E-state index contributed by atoms with van der Waals surface area (Å²) in [5.41, 5.74) is 0.774. The van der Waals surface area contributed by atoms with Crippen LogP contribution in [-0.4, -0.2) is 51.4 Å². The number of unbranched alkanes of at least 4 members (excludes halogenated alkanes) is 1. The Hall–Kier alpha value is -2.35. The molecule has 178 valence electrons. The summed E-state index contributed by atoms with van der Waals surface area (Å²) in [7, 11) is -4.01. The van der Waals surface area contributed by atoms with Crippen molar-refractivity contribution in [2.24, 2.45) is 0 Å². The molecule has 0 saturated carbocycles. The van der Waals surface area contributed by atoms with Crippen LogP contribution in [0.1, 0.15) is 43.0 Å². The Morgan fingerprint density at radius 3 is 2.55 bits per heavy atom. The van der Waals surface area contributed by atoms with E-state index in [9.17, 15) is 13.2 Å². The van der Waals surface area contributed by atoms with E-state index in [1.807, 2.05) is 6.07 Å². The maximum atomic E-state index is 13.5. The molecule has 6 nitrogen and oxygen atoms in total. The van der Waals surface area contributed by atoms with Gasteiger partial charge in [0.05, 0.1) is 17.3 Å². The third-order valence-corrected chi connectivity index (χ3v) is 8.13. The molecule has 1 heterocycles. The van der Waals surface area contributed by atoms with Crippen LogP contribution in [-0.2, 0) is 10.0 Å². The van der Waals surface area contributed by atoms with Gasteiger partial charge in [0, 0.05) is 24.7 Å². The van der Waals surface area contributed by atoms with Crippen LogP contribution in [0.5, 0.6) is 0 Å². The first-order valence-corrected chi connectivity index (χ1v) is 13.2. The molecule has 2 aromatic carbocycles. The summed E-state index contributed by atoms with van der Waals surface area (Å²) in [6, 6.07) is 13.2. The molecule has 0 spiro atoms. The first-order valence-electron chi connectivity index (χ1n) is 11.4. The van der Waals surface area contributed by atoms with E-state index in [1.54, 1.807) is 30.3 Å². The zero-order chi connectivity index (χ0) is 23.8. The van der Waals surface area contributed by atoms with Gasteiger partial charge >= 0.3 is 0 Å². The molecule has 1 aliphatic rings. The quantitative estimate of drug-likeness (QED) is 0.490. The van der Waals surface area contributed by atoms with Gasteiger partial charge in [-0.2, -0.15) is 0 Å². The van der Waals surface area contributed by atoms with Gasteiger partial charge in [-0.15, -0.1) is 6.58 Å². The number of piperidine rings is 1. The summed E-state index contributed by atoms with van der Waals surface area (Å²) in [6.45, 7) is 8.95. The highest BCUT2D eigenvalue weighted by atomic mass is 35.5. The Morgan fingerprint density at radius 2 is 1.91 bits per heavy atom. The molecule has 0 aromatic heterocycles. The molecule has 0 radical (unpaired) electrons. The number of nitrogens with zero attached hydrogens (tertiary/aromatic N) is 2. The van der Waals surface area contributed by atoms with Gasteiger partial charge < -0.3 is 10.2 Å². The second-order valence-corrected chi connectivity index (χ2v) is 10.5. The standard InChI is InChI=1S/C25H32ClN3O3S/c1-3-5-16-28-17-13-21(14-18-28)27-25(30)20-11-12-23(26)24(19-20)33(31,32)29(15-4-2)22-9-7-6-8-10-22/h4,6-12,19,21H,2-3,5,13-18H2,1H3,(H,27,30). The summed E-state index contributed by atoms with van der Waals surface area (Å²) in [4.78, 5) is 15.3. The van der Waals surface area contributed by atoms with Crippen LogP contribution in [0, 0.1) is 0 Å². The summed E-state index contributed by atoms with van der Waals surface area (Å²) < 4.78 is 28.2. The molecule has 0 unspecified atom stereocenters. The summed E-state index contributed by atoms with van der Waals surface area (Å²) in [5, 5.41) is 3.13. The third kappa shape index (κ3) is 6.37. The number of nitrogens with one attached hydrogen (secondary N) is 1. The topological polar surface area (TPSA) is 69.7 Å². The van der Waals surface area contributed by atoms with Gasteiger partial charge in [0.15, 0.2) is 0 Å². The Bertz CT molecular complexity index is 1050. The number of anilines is 1. The van der Waals surface area contributed by atoms with E-state index in [-0.39, 0.29) is 34.0 Å². The van der Waals surface area contributed by atoms with Crippen molar-refractivity contribution in [2.75, 3.05) is 30.5 Å². The van der Waals surface area contributed by atoms with Crippen molar-refractivity contribution in [1.82, 2.24) is 10.2 Å². The molecule has 3 rings (SSSR count). The zero-order valence-corrected chi connectivity index (χ0v) is 20.6. The minimum absolute atomic E-state index is 0.0702. The van der Waals surface area contributed by atoms with Gasteiger partial charge in [-0.1, -0.05) is 49.2 Å². The van der Waals surface area contributed by atoms with Crippen LogP contribution in [0.25, 0.3) is 0 Å². The summed E-state index contributed by atoms with van der Waals surface area (Å²) in [5.74, 6) is -0.287. The average molecular weight is 490 g/mol. The lowest BCUT2D eigenvalue weighted by atomic mass is 10.0. The maximum absolute atomic E-state index is 13.5. The summed E-state index contributed by atoms with van der Waals surface area (Å²) >= 11 is 6.30. The highest BCUT2D eigenvalue weighted by Gasteiger charge is 2.28. The number of carbonyl (C=O) groups is 1. The van der Waals surface area contributed by atoms with Gasteiger partial charge in [-0.05, 0) is 56.1 Å². The SMILES string of the molecule is C=CCN(c1ccccc1)S(=O)(=O)c1cc(C(=O)NC2CCN(CCCC)CC2)ccc1Cl. The zero-order valence-electron chi connectivity index (χ0n) is 19.0. The normalized spacial score (nSPS) is 15.2. The van der Waals surface area contributed by atoms with E-state index in [0.717, 1.165) is 32.5 Å². The Morgan fingerprint density at radius 1 is 1.21 bits per heavy atom. The molecule has 1 saturated heterocycles. The number of benzene rings is 2. The van der Waals surface area contributed by atoms with Crippen molar-refractivity contribution in [3.8, 4) is 0 Å². The van der Waals surface area contributed by atoms with E-state index >= 15 is 0 Å². The second kappa shape index (κ2) is 11.7. The number of likely N-dealkylation sites (tertiary alicyclic amines) is 1. The monoisotopic (exact) mass is 489 g/mol. The smallest absolute Gasteiger partial charge is 0.266 e. The van der Waals surface area contributed by atoms with Gasteiger partial charge in [-0.3, -0.25) is 9.10 Å². The van der Waals surface area contributed by atoms with Gasteiger partial charge in [0.2, 0.25) is 0 Å². The second-order valence-electron chi connectivity index (χ2n) is 8.25. The van der Waals surface area contributed by atoms with E-state index in [2.05, 4.69) is 23.7 Å². The fourth-order valence-electron chi connectivity index (χ4n) is 3.97. The van der Waals surface area contributed by atoms with E-state index in [4.69, 9.17) is 11.6 Å². The van der Waals surface area contributed by atoms with Crippen molar-refractivity contribution in [3.63, 3.8) is 0 Å². The fourth-order valence-corrected chi connectivity index (χ4v) is 5.90. The first-order chi connectivity index (χ1) is 15.9. The number of amides is 1. The highest BCUT2D eigenvalue weighted by molar-refractivity contribution is 7.93. The van der Waals surface area contributed by atoms with Crippen molar-refractivity contribution < 1.29 is 13.2 Å². The number of hydrogen-bond acceptors (Lipinski definition) is 4. The lowest BCUT2D eigenvalue weighted by Gasteiger charge is -2.32. The highest BCUT2D eigenvalue weighted by Crippen LogP contribution is 2.29. The lowest BCUT2D eigenvalue weighted by Crippen LogP contribution is -2.44. The van der Waals surface area contributed by atoms with Gasteiger partial charge in [0.1, 0.15) is 4.90 Å². The van der Waals surface area contributed by atoms with Crippen LogP contribution >= 0.6 is 11.6 Å². The minimum atomic E-state index is -4.01. The van der Waals surface area contributed by atoms with Gasteiger partial charge in [-0.25, -0.2) is 8.42 Å². The largest absolute Gasteiger partial charge is 0.349 e. The number of hydrogen-bond donors (Lipinski definition) is 1. The average Bonchev–Trinajstić information content (AvgIpc) is 2.82. The Balaban J connectivity index is 1.77. The number of carbonyl (C=O) groups excluding carboxylic acids is 1. The Kier molecular flexibility index (Phi) is 8.95. The van der Waals surface area contributed by atoms with Crippen molar-refractivity contribution in [2.45, 2.75) is 43.5 Å². The minimum Gasteiger partial charge on any atom is -0.349 e. The first kappa shape index (κ1) is 25.3. The number of para-hydroxylation sites is 1. The van der Waals surface area contributed by atoms with Crippen LogP contribution in [0.15, 0.2) is 66.1 Å². The predicted octanol–water partition coefficient (Wildman–Crippen LogP) is 4.72. The molecule has 2 aromatic rings. The molecule has 8 heteroatoms. The fraction of sp³-hybridized carbons (Fsp3) is 0.400. The lowest BCUT2D eigenvalue weighted by molar-refractivity contribution is 0.0910. The molecule has 0 aliphatic carbocycles. The molecule has 1 aliphatic heterocycles. The van der Waals surface area contributed by atoms with Crippen LogP contribution in [0.2, 0.25) is 5.02 Å². The van der Waals surface area contributed by atoms with E-state index in [1.165, 1.54) is 35.4 Å². The number of rotatable bonds is 10. The molecular formula is C25H32ClN3O3S. The van der Waals surface area contributed by atoms with Gasteiger partial charge in [0.25, 0.3) is 15.9 Å². The summed E-state index contributed by atoms with van der Waals surface area (Å²) in [6.07, 6.45) is 5.64.